The average Bonchev–Trinajstić information content (AvgIpc) is 2.14. The summed E-state index contributed by atoms with van der Waals surface area (Å²) in [6.45, 7) is -0.432. The molecule has 0 aromatic carbocycles. The molecule has 0 fully saturated rings. The summed E-state index contributed by atoms with van der Waals surface area (Å²) >= 11 is 0. The van der Waals surface area contributed by atoms with Gasteiger partial charge in [0.05, 0.1) is 0 Å². The number of aliphatic hydroxyl groups is 1. The average molecular weight is 209 g/mol. The summed E-state index contributed by atoms with van der Waals surface area (Å²) in [4.78, 5) is 0. The van der Waals surface area contributed by atoms with Crippen LogP contribution in [0, 0.1) is 0 Å². The van der Waals surface area contributed by atoms with Crippen LogP contribution in [0.2, 0.25) is 0 Å². The van der Waals surface area contributed by atoms with Crippen molar-refractivity contribution < 1.29 is 18.3 Å². The molecular weight excluding hydrogens is 195 g/mol. The fraction of sp³-hybridized carbons (Fsp3) is 0.778. The summed E-state index contributed by atoms with van der Waals surface area (Å²) < 4.78 is 35.7. The molecule has 2 nitrogen and oxygen atoms in total. The number of aliphatic hydroxyl groups excluding tert-OH is 1. The van der Waals surface area contributed by atoms with Crippen LogP contribution in [-0.2, 0) is 0 Å². The van der Waals surface area contributed by atoms with Gasteiger partial charge in [0.15, 0.2) is 6.10 Å². The van der Waals surface area contributed by atoms with Gasteiger partial charge in [-0.1, -0.05) is 12.2 Å². The van der Waals surface area contributed by atoms with Gasteiger partial charge in [-0.2, -0.15) is 13.2 Å². The number of allylic oxidation sites excluding steroid dienone is 1. The van der Waals surface area contributed by atoms with Crippen LogP contribution in [-0.4, -0.2) is 30.0 Å². The molecule has 0 aliphatic heterocycles. The Kier molecular flexibility index (Phi) is 3.95. The normalized spacial score (nSPS) is 25.0. The van der Waals surface area contributed by atoms with Crippen LogP contribution >= 0.6 is 0 Å². The molecule has 0 radical (unpaired) electrons. The van der Waals surface area contributed by atoms with E-state index in [1.54, 1.807) is 0 Å². The molecule has 2 N–H and O–H groups in total. The molecule has 0 saturated heterocycles. The van der Waals surface area contributed by atoms with E-state index in [1.807, 2.05) is 12.2 Å². The highest BCUT2D eigenvalue weighted by Gasteiger charge is 2.37. The first kappa shape index (κ1) is 11.5. The van der Waals surface area contributed by atoms with E-state index in [0.29, 0.717) is 0 Å². The minimum Gasteiger partial charge on any atom is -0.382 e. The van der Waals surface area contributed by atoms with E-state index in [9.17, 15) is 13.2 Å². The van der Waals surface area contributed by atoms with Crippen molar-refractivity contribution in [3.8, 4) is 0 Å². The fourth-order valence-corrected chi connectivity index (χ4v) is 1.36. The van der Waals surface area contributed by atoms with Crippen molar-refractivity contribution >= 4 is 0 Å². The molecule has 2 atom stereocenters. The van der Waals surface area contributed by atoms with E-state index in [1.165, 1.54) is 0 Å². The molecule has 0 amide bonds. The van der Waals surface area contributed by atoms with Crippen molar-refractivity contribution in [2.24, 2.45) is 0 Å². The van der Waals surface area contributed by atoms with Crippen LogP contribution in [0.4, 0.5) is 13.2 Å². The quantitative estimate of drug-likeness (QED) is 0.692. The Morgan fingerprint density at radius 2 is 2.21 bits per heavy atom. The first-order valence-electron chi connectivity index (χ1n) is 4.65. The molecule has 1 aliphatic rings. The van der Waals surface area contributed by atoms with Crippen molar-refractivity contribution in [1.29, 1.82) is 0 Å². The van der Waals surface area contributed by atoms with Gasteiger partial charge < -0.3 is 10.4 Å². The largest absolute Gasteiger partial charge is 0.415 e. The van der Waals surface area contributed by atoms with Crippen molar-refractivity contribution in [1.82, 2.24) is 5.32 Å². The number of nitrogens with one attached hydrogen (secondary N) is 1. The van der Waals surface area contributed by atoms with Crippen molar-refractivity contribution in [2.45, 2.75) is 37.6 Å². The van der Waals surface area contributed by atoms with Crippen molar-refractivity contribution in [3.05, 3.63) is 12.2 Å². The molecule has 0 saturated carbocycles. The molecular formula is C9H14F3NO. The smallest absolute Gasteiger partial charge is 0.382 e. The lowest BCUT2D eigenvalue weighted by Gasteiger charge is -2.21. The maximum atomic E-state index is 11.9. The molecule has 2 unspecified atom stereocenters. The summed E-state index contributed by atoms with van der Waals surface area (Å²) in [6.07, 6.45) is -0.186. The summed E-state index contributed by atoms with van der Waals surface area (Å²) in [5.74, 6) is 0. The highest BCUT2D eigenvalue weighted by atomic mass is 19.4. The minimum atomic E-state index is -4.52. The van der Waals surface area contributed by atoms with Gasteiger partial charge in [0.1, 0.15) is 0 Å². The Morgan fingerprint density at radius 3 is 2.71 bits per heavy atom. The number of halogens is 3. The van der Waals surface area contributed by atoms with Crippen LogP contribution in [0.25, 0.3) is 0 Å². The van der Waals surface area contributed by atoms with Crippen molar-refractivity contribution in [2.75, 3.05) is 6.54 Å². The Labute approximate surface area is 80.8 Å². The number of hydrogen-bond donors (Lipinski definition) is 2. The summed E-state index contributed by atoms with van der Waals surface area (Å²) in [6, 6.07) is -0.0271. The zero-order valence-corrected chi connectivity index (χ0v) is 7.72. The third kappa shape index (κ3) is 3.67. The molecule has 14 heavy (non-hydrogen) atoms. The minimum absolute atomic E-state index is 0.0271. The predicted octanol–water partition coefficient (Wildman–Crippen LogP) is 1.61. The molecule has 0 heterocycles. The zero-order valence-electron chi connectivity index (χ0n) is 7.72. The summed E-state index contributed by atoms with van der Waals surface area (Å²) in [7, 11) is 0. The fourth-order valence-electron chi connectivity index (χ4n) is 1.36. The second-order valence-corrected chi connectivity index (χ2v) is 3.43. The van der Waals surface area contributed by atoms with E-state index in [4.69, 9.17) is 5.11 Å². The Bertz CT molecular complexity index is 203. The predicted molar refractivity (Wildman–Crippen MR) is 46.8 cm³/mol. The Hall–Kier alpha value is -0.550. The SMILES string of the molecule is OC(CNC1C=CCCC1)C(F)(F)F. The second-order valence-electron chi connectivity index (χ2n) is 3.43. The maximum absolute atomic E-state index is 11.9. The van der Waals surface area contributed by atoms with Gasteiger partial charge in [0.25, 0.3) is 0 Å². The number of alkyl halides is 3. The summed E-state index contributed by atoms with van der Waals surface area (Å²) in [5, 5.41) is 11.4. The molecule has 5 heteroatoms. The van der Waals surface area contributed by atoms with Gasteiger partial charge in [0, 0.05) is 12.6 Å². The highest BCUT2D eigenvalue weighted by molar-refractivity contribution is 4.97. The molecule has 1 aliphatic carbocycles. The van der Waals surface area contributed by atoms with Crippen LogP contribution in [0.15, 0.2) is 12.2 Å². The molecule has 82 valence electrons. The standard InChI is InChI=1S/C9H14F3NO/c10-9(11,12)8(14)6-13-7-4-2-1-3-5-7/h2,4,7-8,13-14H,1,3,5-6H2. The highest BCUT2D eigenvalue weighted by Crippen LogP contribution is 2.19. The van der Waals surface area contributed by atoms with E-state index in [-0.39, 0.29) is 6.04 Å². The molecule has 0 spiro atoms. The topological polar surface area (TPSA) is 32.3 Å². The van der Waals surface area contributed by atoms with Gasteiger partial charge in [-0.3, -0.25) is 0 Å². The zero-order chi connectivity index (χ0) is 10.6. The lowest BCUT2D eigenvalue weighted by atomic mass is 10.0. The third-order valence-electron chi connectivity index (χ3n) is 2.21. The van der Waals surface area contributed by atoms with Gasteiger partial charge in [-0.05, 0) is 19.3 Å². The van der Waals surface area contributed by atoms with Crippen LogP contribution in [0.1, 0.15) is 19.3 Å². The van der Waals surface area contributed by atoms with Gasteiger partial charge in [0.2, 0.25) is 0 Å². The molecule has 0 aromatic heterocycles. The lowest BCUT2D eigenvalue weighted by molar-refractivity contribution is -0.202. The van der Waals surface area contributed by atoms with E-state index in [0.717, 1.165) is 19.3 Å². The first-order chi connectivity index (χ1) is 6.50. The lowest BCUT2D eigenvalue weighted by Crippen LogP contribution is -2.42. The van der Waals surface area contributed by atoms with Gasteiger partial charge >= 0.3 is 6.18 Å². The number of hydrogen-bond acceptors (Lipinski definition) is 2. The monoisotopic (exact) mass is 209 g/mol. The molecule has 0 aromatic rings. The third-order valence-corrected chi connectivity index (χ3v) is 2.21. The molecule has 1 rings (SSSR count). The van der Waals surface area contributed by atoms with Crippen molar-refractivity contribution in [3.63, 3.8) is 0 Å². The number of rotatable bonds is 3. The summed E-state index contributed by atoms with van der Waals surface area (Å²) in [5.41, 5.74) is 0. The van der Waals surface area contributed by atoms with E-state index in [2.05, 4.69) is 5.32 Å². The van der Waals surface area contributed by atoms with E-state index < -0.39 is 18.8 Å². The first-order valence-corrected chi connectivity index (χ1v) is 4.65. The van der Waals surface area contributed by atoms with Crippen LogP contribution in [0.5, 0.6) is 0 Å². The van der Waals surface area contributed by atoms with Crippen LogP contribution in [0.3, 0.4) is 0 Å². The van der Waals surface area contributed by atoms with E-state index >= 15 is 0 Å². The molecule has 0 bridgehead atoms. The second kappa shape index (κ2) is 4.79. The van der Waals surface area contributed by atoms with Crippen LogP contribution < -0.4 is 5.32 Å². The van der Waals surface area contributed by atoms with Gasteiger partial charge in [-0.25, -0.2) is 0 Å². The van der Waals surface area contributed by atoms with Gasteiger partial charge in [-0.15, -0.1) is 0 Å². The Balaban J connectivity index is 2.26. The maximum Gasteiger partial charge on any atom is 0.415 e. The Morgan fingerprint density at radius 1 is 1.50 bits per heavy atom.